The molecule has 6 aromatic carbocycles. The third kappa shape index (κ3) is 10.2. The van der Waals surface area contributed by atoms with Crippen molar-refractivity contribution >= 4 is 35.3 Å². The first-order valence-corrected chi connectivity index (χ1v) is 23.2. The number of hydrogen-bond donors (Lipinski definition) is 1. The van der Waals surface area contributed by atoms with Gasteiger partial charge < -0.3 is 9.47 Å². The quantitative estimate of drug-likeness (QED) is 0.0643. The third-order valence-electron chi connectivity index (χ3n) is 11.4. The Morgan fingerprint density at radius 3 is 1.20 bits per heavy atom. The van der Waals surface area contributed by atoms with Crippen LogP contribution in [0.25, 0.3) is 0 Å². The van der Waals surface area contributed by atoms with Crippen LogP contribution in [0.15, 0.2) is 182 Å². The Hall–Kier alpha value is -4.92. The van der Waals surface area contributed by atoms with Gasteiger partial charge in [0.2, 0.25) is 0 Å². The molecule has 314 valence electrons. The van der Waals surface area contributed by atoms with Gasteiger partial charge in [-0.2, -0.15) is 0 Å². The number of nitrogens with one attached hydrogen (secondary N) is 1. The number of carbonyl (C=O) groups excluding carboxylic acids is 2. The van der Waals surface area contributed by atoms with Gasteiger partial charge in [0.15, 0.2) is 0 Å². The van der Waals surface area contributed by atoms with Crippen LogP contribution in [0.5, 0.6) is 0 Å². The lowest BCUT2D eigenvalue weighted by Crippen LogP contribution is -2.65. The Labute approximate surface area is 371 Å². The minimum Gasteiger partial charge on any atom is -0.459 e. The smallest absolute Gasteiger partial charge is 0.324 e. The van der Waals surface area contributed by atoms with E-state index in [1.807, 2.05) is 68.9 Å². The fourth-order valence-electron chi connectivity index (χ4n) is 8.26. The van der Waals surface area contributed by atoms with E-state index in [0.29, 0.717) is 37.6 Å². The summed E-state index contributed by atoms with van der Waals surface area (Å²) in [6.07, 6.45) is 0.913. The zero-order valence-electron chi connectivity index (χ0n) is 35.7. The van der Waals surface area contributed by atoms with E-state index in [4.69, 9.17) is 9.47 Å². The molecule has 1 aliphatic heterocycles. The Morgan fingerprint density at radius 1 is 0.574 bits per heavy atom. The molecule has 1 saturated heterocycles. The van der Waals surface area contributed by atoms with Crippen LogP contribution in [-0.4, -0.2) is 53.7 Å². The van der Waals surface area contributed by atoms with Crippen molar-refractivity contribution in [2.24, 2.45) is 5.92 Å². The number of ether oxygens (including phenoxy) is 2. The van der Waals surface area contributed by atoms with E-state index in [1.54, 1.807) is 11.8 Å². The lowest BCUT2D eigenvalue weighted by atomic mass is 9.84. The molecule has 1 N–H and O–H groups in total. The molecule has 5 nitrogen and oxygen atoms in total. The molecule has 1 fully saturated rings. The molecule has 0 unspecified atom stereocenters. The summed E-state index contributed by atoms with van der Waals surface area (Å²) in [6, 6.07) is 62.7. The van der Waals surface area contributed by atoms with Gasteiger partial charge in [-0.25, -0.2) is 0 Å². The minimum absolute atomic E-state index is 0.197. The molecule has 7 rings (SSSR count). The Kier molecular flexibility index (Phi) is 14.4. The highest BCUT2D eigenvalue weighted by molar-refractivity contribution is 8.01. The SMILES string of the molecule is C[C@@H](CSC(c1ccccc1)(c1ccccc1)c1ccccc1)C(=O)CCC1(N[C@@H](CSC(c2ccccc2)(c2ccccc2)c2ccccc2)C(=O)OC(C)(C)C)COC1. The molecule has 61 heavy (non-hydrogen) atoms. The number of carbonyl (C=O) groups is 2. The number of esters is 1. The Bertz CT molecular complexity index is 2090. The van der Waals surface area contributed by atoms with Crippen LogP contribution in [0.1, 0.15) is 73.9 Å². The van der Waals surface area contributed by atoms with Gasteiger partial charge >= 0.3 is 5.97 Å². The van der Waals surface area contributed by atoms with Crippen LogP contribution in [-0.2, 0) is 28.6 Å². The van der Waals surface area contributed by atoms with Gasteiger partial charge in [-0.05, 0) is 60.6 Å². The zero-order chi connectivity index (χ0) is 42.8. The summed E-state index contributed by atoms with van der Waals surface area (Å²) in [4.78, 5) is 28.5. The van der Waals surface area contributed by atoms with Gasteiger partial charge in [0.1, 0.15) is 17.4 Å². The standard InChI is InChI=1S/C54H57NO4S2/c1-41(37-60-53(42-23-11-5-12-24-42,43-25-13-6-14-26-43)44-27-15-7-16-28-44)49(56)35-36-52(39-58-40-52)55-48(50(57)59-51(2,3)4)38-61-54(45-29-17-8-18-30-45,46-31-19-9-20-32-46)47-33-21-10-22-34-47/h5-34,41,48,55H,35-40H2,1-4H3/t41-,48-/m0/s1. The van der Waals surface area contributed by atoms with Crippen molar-refractivity contribution in [3.05, 3.63) is 215 Å². The topological polar surface area (TPSA) is 64.6 Å². The van der Waals surface area contributed by atoms with E-state index in [1.165, 1.54) is 16.7 Å². The molecule has 1 aliphatic rings. The molecule has 0 saturated carbocycles. The maximum absolute atomic E-state index is 14.3. The summed E-state index contributed by atoms with van der Waals surface area (Å²) in [5, 5.41) is 3.75. The lowest BCUT2D eigenvalue weighted by molar-refractivity contribution is -0.160. The lowest BCUT2D eigenvalue weighted by Gasteiger charge is -2.45. The van der Waals surface area contributed by atoms with Crippen molar-refractivity contribution < 1.29 is 19.1 Å². The predicted octanol–water partition coefficient (Wildman–Crippen LogP) is 11.5. The van der Waals surface area contributed by atoms with Gasteiger partial charge in [0, 0.05) is 23.8 Å². The van der Waals surface area contributed by atoms with Crippen molar-refractivity contribution in [3.8, 4) is 0 Å². The summed E-state index contributed by atoms with van der Waals surface area (Å²) in [6.45, 7) is 8.58. The number of ketones is 1. The van der Waals surface area contributed by atoms with Gasteiger partial charge in [-0.15, -0.1) is 23.5 Å². The van der Waals surface area contributed by atoms with E-state index in [2.05, 4.69) is 158 Å². The molecular weight excluding hydrogens is 791 g/mol. The molecule has 0 aromatic heterocycles. The highest BCUT2D eigenvalue weighted by Gasteiger charge is 2.45. The normalized spacial score (nSPS) is 15.0. The molecule has 0 amide bonds. The van der Waals surface area contributed by atoms with Gasteiger partial charge in [0.05, 0.1) is 28.2 Å². The molecule has 2 atom stereocenters. The third-order valence-corrected chi connectivity index (χ3v) is 14.9. The molecule has 0 spiro atoms. The summed E-state index contributed by atoms with van der Waals surface area (Å²) < 4.78 is 10.9. The maximum atomic E-state index is 14.3. The number of Topliss-reactive ketones (excluding diaryl/α,β-unsaturated/α-hetero) is 1. The van der Waals surface area contributed by atoms with E-state index >= 15 is 0 Å². The first kappa shape index (κ1) is 44.1. The van der Waals surface area contributed by atoms with Crippen LogP contribution in [0, 0.1) is 5.92 Å². The number of hydrogen-bond acceptors (Lipinski definition) is 7. The minimum atomic E-state index is -0.683. The van der Waals surface area contributed by atoms with Crippen molar-refractivity contribution in [1.82, 2.24) is 5.32 Å². The Balaban J connectivity index is 1.12. The summed E-state index contributed by atoms with van der Waals surface area (Å²) in [5.74, 6) is 0.717. The summed E-state index contributed by atoms with van der Waals surface area (Å²) in [5.41, 5.74) is 5.65. The number of benzene rings is 6. The number of thioether (sulfide) groups is 2. The van der Waals surface area contributed by atoms with Crippen LogP contribution >= 0.6 is 23.5 Å². The molecule has 6 aromatic rings. The van der Waals surface area contributed by atoms with Crippen molar-refractivity contribution in [2.45, 2.75) is 67.2 Å². The fraction of sp³-hybridized carbons (Fsp3) is 0.296. The molecule has 0 aliphatic carbocycles. The van der Waals surface area contributed by atoms with E-state index in [-0.39, 0.29) is 17.7 Å². The van der Waals surface area contributed by atoms with E-state index < -0.39 is 26.7 Å². The van der Waals surface area contributed by atoms with Gasteiger partial charge in [0.25, 0.3) is 0 Å². The number of rotatable bonds is 19. The second-order valence-corrected chi connectivity index (χ2v) is 19.5. The predicted molar refractivity (Wildman–Crippen MR) is 253 cm³/mol. The van der Waals surface area contributed by atoms with Gasteiger partial charge in [-0.3, -0.25) is 14.9 Å². The van der Waals surface area contributed by atoms with Crippen molar-refractivity contribution in [2.75, 3.05) is 24.7 Å². The highest BCUT2D eigenvalue weighted by atomic mass is 32.2. The fourth-order valence-corrected chi connectivity index (χ4v) is 11.4. The largest absolute Gasteiger partial charge is 0.459 e. The molecular formula is C54H57NO4S2. The second kappa shape index (κ2) is 19.9. The van der Waals surface area contributed by atoms with Crippen LogP contribution in [0.4, 0.5) is 0 Å². The van der Waals surface area contributed by atoms with E-state index in [0.717, 1.165) is 16.7 Å². The Morgan fingerprint density at radius 2 is 0.902 bits per heavy atom. The first-order chi connectivity index (χ1) is 29.5. The average molecular weight is 848 g/mol. The van der Waals surface area contributed by atoms with Gasteiger partial charge in [-0.1, -0.05) is 189 Å². The monoisotopic (exact) mass is 847 g/mol. The van der Waals surface area contributed by atoms with E-state index in [9.17, 15) is 9.59 Å². The molecule has 0 radical (unpaired) electrons. The molecule has 0 bridgehead atoms. The zero-order valence-corrected chi connectivity index (χ0v) is 37.3. The van der Waals surface area contributed by atoms with Crippen LogP contribution < -0.4 is 5.32 Å². The summed E-state index contributed by atoms with van der Waals surface area (Å²) in [7, 11) is 0. The van der Waals surface area contributed by atoms with Crippen LogP contribution in [0.2, 0.25) is 0 Å². The molecule has 1 heterocycles. The van der Waals surface area contributed by atoms with Crippen molar-refractivity contribution in [3.63, 3.8) is 0 Å². The molecule has 7 heteroatoms. The average Bonchev–Trinajstić information content (AvgIpc) is 3.28. The van der Waals surface area contributed by atoms with Crippen molar-refractivity contribution in [1.29, 1.82) is 0 Å². The summed E-state index contributed by atoms with van der Waals surface area (Å²) >= 11 is 3.54. The highest BCUT2D eigenvalue weighted by Crippen LogP contribution is 2.50. The first-order valence-electron chi connectivity index (χ1n) is 21.3. The maximum Gasteiger partial charge on any atom is 0.324 e. The van der Waals surface area contributed by atoms with Crippen LogP contribution in [0.3, 0.4) is 0 Å². The second-order valence-electron chi connectivity index (χ2n) is 17.1.